The second kappa shape index (κ2) is 6.35. The van der Waals surface area contributed by atoms with Crippen LogP contribution in [0.3, 0.4) is 0 Å². The van der Waals surface area contributed by atoms with Gasteiger partial charge in [-0.1, -0.05) is 0 Å². The summed E-state index contributed by atoms with van der Waals surface area (Å²) in [4.78, 5) is 32.7. The first kappa shape index (κ1) is 15.0. The van der Waals surface area contributed by atoms with Crippen molar-refractivity contribution in [1.82, 2.24) is 14.8 Å². The molecule has 20 heavy (non-hydrogen) atoms. The number of carbonyl (C=O) groups excluding carboxylic acids is 2. The summed E-state index contributed by atoms with van der Waals surface area (Å²) in [5.74, 6) is 0.104. The van der Waals surface area contributed by atoms with Crippen molar-refractivity contribution in [2.75, 3.05) is 20.1 Å². The van der Waals surface area contributed by atoms with Crippen molar-refractivity contribution in [2.45, 2.75) is 39.2 Å². The molecule has 2 rings (SSSR count). The molecule has 2 heterocycles. The second-order valence-corrected chi connectivity index (χ2v) is 6.27. The predicted octanol–water partition coefficient (Wildman–Crippen LogP) is 1.46. The van der Waals surface area contributed by atoms with E-state index >= 15 is 0 Å². The molecule has 0 aliphatic carbocycles. The minimum Gasteiger partial charge on any atom is -0.344 e. The highest BCUT2D eigenvalue weighted by atomic mass is 32.1. The number of hydrogen-bond acceptors (Lipinski definition) is 4. The highest BCUT2D eigenvalue weighted by Crippen LogP contribution is 2.18. The van der Waals surface area contributed by atoms with Crippen molar-refractivity contribution in [1.29, 1.82) is 0 Å². The lowest BCUT2D eigenvalue weighted by atomic mass is 10.2. The Kier molecular flexibility index (Phi) is 4.75. The topological polar surface area (TPSA) is 53.5 Å². The minimum atomic E-state index is 0.00858. The molecule has 110 valence electrons. The van der Waals surface area contributed by atoms with Crippen LogP contribution in [0.15, 0.2) is 5.51 Å². The van der Waals surface area contributed by atoms with E-state index in [1.165, 1.54) is 4.88 Å². The van der Waals surface area contributed by atoms with Gasteiger partial charge in [-0.05, 0) is 20.3 Å². The van der Waals surface area contributed by atoms with Crippen molar-refractivity contribution in [3.63, 3.8) is 0 Å². The molecule has 2 amide bonds. The zero-order chi connectivity index (χ0) is 14.7. The fourth-order valence-electron chi connectivity index (χ4n) is 2.35. The molecule has 0 spiro atoms. The highest BCUT2D eigenvalue weighted by molar-refractivity contribution is 7.09. The lowest BCUT2D eigenvalue weighted by Gasteiger charge is -2.24. The Balaban J connectivity index is 1.83. The monoisotopic (exact) mass is 295 g/mol. The molecule has 5 nitrogen and oxygen atoms in total. The number of carbonyl (C=O) groups is 2. The van der Waals surface area contributed by atoms with Gasteiger partial charge in [-0.3, -0.25) is 9.59 Å². The van der Waals surface area contributed by atoms with Gasteiger partial charge in [0.2, 0.25) is 11.8 Å². The molecule has 0 bridgehead atoms. The third-order valence-electron chi connectivity index (χ3n) is 3.88. The van der Waals surface area contributed by atoms with E-state index in [9.17, 15) is 9.59 Å². The fraction of sp³-hybridized carbons (Fsp3) is 0.643. The zero-order valence-electron chi connectivity index (χ0n) is 12.3. The first-order valence-corrected chi connectivity index (χ1v) is 7.79. The Morgan fingerprint density at radius 2 is 2.35 bits per heavy atom. The van der Waals surface area contributed by atoms with Gasteiger partial charge in [0.15, 0.2) is 0 Å². The van der Waals surface area contributed by atoms with Crippen LogP contribution in [0.5, 0.6) is 0 Å². The Morgan fingerprint density at radius 3 is 2.90 bits per heavy atom. The van der Waals surface area contributed by atoms with E-state index in [0.717, 1.165) is 18.5 Å². The van der Waals surface area contributed by atoms with Crippen LogP contribution >= 0.6 is 11.3 Å². The normalized spacial score (nSPS) is 18.6. The summed E-state index contributed by atoms with van der Waals surface area (Å²) in [6.45, 7) is 4.85. The van der Waals surface area contributed by atoms with Crippen molar-refractivity contribution >= 4 is 23.2 Å². The number of aromatic nitrogens is 1. The van der Waals surface area contributed by atoms with Crippen molar-refractivity contribution in [2.24, 2.45) is 0 Å². The van der Waals surface area contributed by atoms with Crippen LogP contribution in [-0.4, -0.2) is 52.8 Å². The smallest absolute Gasteiger partial charge is 0.241 e. The maximum absolute atomic E-state index is 12.2. The lowest BCUT2D eigenvalue weighted by Crippen LogP contribution is -2.42. The maximum atomic E-state index is 12.2. The molecule has 0 N–H and O–H groups in total. The summed E-state index contributed by atoms with van der Waals surface area (Å²) in [7, 11) is 1.80. The first-order chi connectivity index (χ1) is 9.49. The van der Waals surface area contributed by atoms with Gasteiger partial charge in [-0.15, -0.1) is 11.3 Å². The summed E-state index contributed by atoms with van der Waals surface area (Å²) in [5, 5.41) is 0. The average Bonchev–Trinajstić information content (AvgIpc) is 2.96. The van der Waals surface area contributed by atoms with Crippen LogP contribution in [0.4, 0.5) is 0 Å². The molecule has 6 heteroatoms. The van der Waals surface area contributed by atoms with Crippen LogP contribution in [-0.2, 0) is 16.0 Å². The average molecular weight is 295 g/mol. The zero-order valence-corrected chi connectivity index (χ0v) is 13.1. The van der Waals surface area contributed by atoms with Gasteiger partial charge in [0, 0.05) is 37.4 Å². The van der Waals surface area contributed by atoms with Gasteiger partial charge in [0.1, 0.15) is 0 Å². The molecule has 1 aromatic rings. The Morgan fingerprint density at radius 1 is 1.60 bits per heavy atom. The molecule has 0 aromatic carbocycles. The molecule has 1 saturated heterocycles. The SMILES string of the molecule is Cc1ncsc1CCN(C)C(=O)CN1C(=O)CC[C@@H]1C. The predicted molar refractivity (Wildman–Crippen MR) is 78.6 cm³/mol. The second-order valence-electron chi connectivity index (χ2n) is 5.34. The molecule has 1 aliphatic heterocycles. The summed E-state index contributed by atoms with van der Waals surface area (Å²) >= 11 is 1.62. The van der Waals surface area contributed by atoms with Crippen LogP contribution in [0.2, 0.25) is 0 Å². The first-order valence-electron chi connectivity index (χ1n) is 6.91. The number of likely N-dealkylation sites (tertiary alicyclic amines) is 1. The van der Waals surface area contributed by atoms with Crippen LogP contribution in [0.25, 0.3) is 0 Å². The molecular weight excluding hydrogens is 274 g/mol. The Bertz CT molecular complexity index is 500. The van der Waals surface area contributed by atoms with Gasteiger partial charge >= 0.3 is 0 Å². The third-order valence-corrected chi connectivity index (χ3v) is 4.87. The number of nitrogens with zero attached hydrogens (tertiary/aromatic N) is 3. The molecule has 1 aliphatic rings. The van der Waals surface area contributed by atoms with E-state index < -0.39 is 0 Å². The van der Waals surface area contributed by atoms with E-state index in [0.29, 0.717) is 13.0 Å². The fourth-order valence-corrected chi connectivity index (χ4v) is 3.12. The molecular formula is C14H21N3O2S. The molecule has 0 unspecified atom stereocenters. The number of aryl methyl sites for hydroxylation is 1. The third kappa shape index (κ3) is 3.36. The van der Waals surface area contributed by atoms with Crippen LogP contribution in [0.1, 0.15) is 30.3 Å². The molecule has 1 aromatic heterocycles. The number of likely N-dealkylation sites (N-methyl/N-ethyl adjacent to an activating group) is 1. The van der Waals surface area contributed by atoms with Gasteiger partial charge in [-0.25, -0.2) is 4.98 Å². The van der Waals surface area contributed by atoms with E-state index in [4.69, 9.17) is 0 Å². The Labute approximate surface area is 123 Å². The summed E-state index contributed by atoms with van der Waals surface area (Å²) < 4.78 is 0. The summed E-state index contributed by atoms with van der Waals surface area (Å²) in [5.41, 5.74) is 2.87. The van der Waals surface area contributed by atoms with Crippen LogP contribution < -0.4 is 0 Å². The van der Waals surface area contributed by atoms with Gasteiger partial charge < -0.3 is 9.80 Å². The number of thiazole rings is 1. The molecule has 0 radical (unpaired) electrons. The number of amides is 2. The highest BCUT2D eigenvalue weighted by Gasteiger charge is 2.29. The summed E-state index contributed by atoms with van der Waals surface area (Å²) in [6.07, 6.45) is 2.25. The van der Waals surface area contributed by atoms with E-state index in [-0.39, 0.29) is 24.4 Å². The maximum Gasteiger partial charge on any atom is 0.241 e. The number of hydrogen-bond donors (Lipinski definition) is 0. The van der Waals surface area contributed by atoms with Gasteiger partial charge in [0.05, 0.1) is 17.7 Å². The van der Waals surface area contributed by atoms with Gasteiger partial charge in [-0.2, -0.15) is 0 Å². The van der Waals surface area contributed by atoms with Crippen molar-refractivity contribution in [3.05, 3.63) is 16.1 Å². The van der Waals surface area contributed by atoms with E-state index in [1.54, 1.807) is 28.2 Å². The minimum absolute atomic E-state index is 0.00858. The quantitative estimate of drug-likeness (QED) is 0.826. The van der Waals surface area contributed by atoms with Crippen molar-refractivity contribution < 1.29 is 9.59 Å². The lowest BCUT2D eigenvalue weighted by molar-refractivity contribution is -0.138. The van der Waals surface area contributed by atoms with Gasteiger partial charge in [0.25, 0.3) is 0 Å². The Hall–Kier alpha value is -1.43. The standard InChI is InChI=1S/C14H21N3O2S/c1-10-4-5-13(18)17(10)8-14(19)16(3)7-6-12-11(2)15-9-20-12/h9-10H,4-8H2,1-3H3/t10-/m0/s1. The molecule has 1 atom stereocenters. The van der Waals surface area contributed by atoms with Crippen molar-refractivity contribution in [3.8, 4) is 0 Å². The molecule has 0 saturated carbocycles. The largest absolute Gasteiger partial charge is 0.344 e. The number of rotatable bonds is 5. The summed E-state index contributed by atoms with van der Waals surface area (Å²) in [6, 6.07) is 0.184. The van der Waals surface area contributed by atoms with Crippen LogP contribution in [0, 0.1) is 6.92 Å². The van der Waals surface area contributed by atoms with E-state index in [2.05, 4.69) is 4.98 Å². The van der Waals surface area contributed by atoms with E-state index in [1.807, 2.05) is 19.4 Å². The molecule has 1 fully saturated rings.